The second kappa shape index (κ2) is 3.76. The van der Waals surface area contributed by atoms with Gasteiger partial charge in [-0.15, -0.1) is 0 Å². The molecule has 2 aromatic rings. The van der Waals surface area contributed by atoms with Gasteiger partial charge >= 0.3 is 5.82 Å². The fourth-order valence-corrected chi connectivity index (χ4v) is 1.65. The van der Waals surface area contributed by atoms with Crippen molar-refractivity contribution < 1.29 is 9.46 Å². The molecule has 0 bridgehead atoms. The van der Waals surface area contributed by atoms with Crippen molar-refractivity contribution in [2.45, 2.75) is 26.3 Å². The second-order valence-corrected chi connectivity index (χ2v) is 5.00. The van der Waals surface area contributed by atoms with E-state index in [0.717, 1.165) is 4.73 Å². The van der Waals surface area contributed by atoms with Gasteiger partial charge in [0.2, 0.25) is 5.52 Å². The summed E-state index contributed by atoms with van der Waals surface area (Å²) in [6, 6.07) is 6.72. The van der Waals surface area contributed by atoms with Crippen LogP contribution in [0.2, 0.25) is 0 Å². The molecule has 0 aliphatic rings. The molecule has 0 spiro atoms. The van der Waals surface area contributed by atoms with Crippen LogP contribution in [-0.2, 0) is 0 Å². The monoisotopic (exact) mass is 233 g/mol. The first-order valence-corrected chi connectivity index (χ1v) is 5.41. The van der Waals surface area contributed by atoms with Crippen molar-refractivity contribution in [3.63, 3.8) is 0 Å². The summed E-state index contributed by atoms with van der Waals surface area (Å²) in [6.07, 6.45) is 1.26. The average Bonchev–Trinajstić information content (AvgIpc) is 2.24. The Morgan fingerprint density at radius 2 is 1.65 bits per heavy atom. The Labute approximate surface area is 99.5 Å². The van der Waals surface area contributed by atoms with E-state index in [0.29, 0.717) is 15.8 Å². The van der Waals surface area contributed by atoms with E-state index in [2.05, 4.69) is 5.32 Å². The van der Waals surface area contributed by atoms with Gasteiger partial charge in [0.1, 0.15) is 0 Å². The summed E-state index contributed by atoms with van der Waals surface area (Å²) >= 11 is 0. The Hall–Kier alpha value is -2.04. The number of nitrogens with one attached hydrogen (secondary N) is 1. The quantitative estimate of drug-likeness (QED) is 0.596. The van der Waals surface area contributed by atoms with Crippen molar-refractivity contribution in [3.8, 4) is 0 Å². The third kappa shape index (κ3) is 2.22. The number of fused-ring (bicyclic) bond motifs is 1. The fraction of sp³-hybridized carbons (Fsp3) is 0.333. The predicted octanol–water partition coefficient (Wildman–Crippen LogP) is 1.32. The number of aromatic nitrogens is 2. The first kappa shape index (κ1) is 11.4. The first-order chi connectivity index (χ1) is 7.88. The standard InChI is InChI=1S/C12H15N3O2/c1-12(2,3)13-11-8-14(16)9-6-4-5-7-10(9)15(11)17/h4-8,13H,1-3H3. The zero-order valence-corrected chi connectivity index (χ0v) is 10.1. The maximum absolute atomic E-state index is 12.1. The molecule has 1 aromatic carbocycles. The molecule has 0 aliphatic carbocycles. The van der Waals surface area contributed by atoms with Crippen molar-refractivity contribution in [3.05, 3.63) is 40.9 Å². The number of benzene rings is 1. The molecule has 1 heterocycles. The zero-order chi connectivity index (χ0) is 12.6. The molecule has 0 saturated carbocycles. The van der Waals surface area contributed by atoms with E-state index in [9.17, 15) is 10.4 Å². The number of hydrogen-bond donors (Lipinski definition) is 1. The lowest BCUT2D eigenvalue weighted by Gasteiger charge is -2.18. The van der Waals surface area contributed by atoms with Gasteiger partial charge in [0.05, 0.1) is 5.54 Å². The van der Waals surface area contributed by atoms with E-state index in [-0.39, 0.29) is 11.4 Å². The van der Waals surface area contributed by atoms with Crippen LogP contribution < -0.4 is 14.8 Å². The fourth-order valence-electron chi connectivity index (χ4n) is 1.65. The minimum atomic E-state index is -0.276. The first-order valence-electron chi connectivity index (χ1n) is 5.41. The zero-order valence-electron chi connectivity index (χ0n) is 10.1. The summed E-state index contributed by atoms with van der Waals surface area (Å²) in [6.45, 7) is 5.78. The van der Waals surface area contributed by atoms with Crippen molar-refractivity contribution >= 4 is 16.9 Å². The summed E-state index contributed by atoms with van der Waals surface area (Å²) in [5.41, 5.74) is 0.445. The van der Waals surface area contributed by atoms with Gasteiger partial charge in [0.15, 0.2) is 0 Å². The molecule has 0 unspecified atom stereocenters. The molecule has 0 radical (unpaired) electrons. The maximum atomic E-state index is 12.1. The molecule has 0 amide bonds. The van der Waals surface area contributed by atoms with Crippen molar-refractivity contribution in [1.29, 1.82) is 0 Å². The van der Waals surface area contributed by atoms with Gasteiger partial charge in [0.25, 0.3) is 11.7 Å². The summed E-state index contributed by atoms with van der Waals surface area (Å²) in [5.74, 6) is 0.256. The van der Waals surface area contributed by atoms with Crippen molar-refractivity contribution in [1.82, 2.24) is 0 Å². The topological polar surface area (TPSA) is 65.9 Å². The molecule has 1 aromatic heterocycles. The SMILES string of the molecule is CC(C)(C)Nc1c[n+]([O-])c2ccccc2[n+]1[O-]. The Bertz CT molecular complexity index is 561. The lowest BCUT2D eigenvalue weighted by molar-refractivity contribution is -0.618. The predicted molar refractivity (Wildman–Crippen MR) is 65.2 cm³/mol. The summed E-state index contributed by atoms with van der Waals surface area (Å²) in [7, 11) is 0. The van der Waals surface area contributed by atoms with Crippen LogP contribution in [0.3, 0.4) is 0 Å². The molecule has 1 N–H and O–H groups in total. The van der Waals surface area contributed by atoms with Crippen LogP contribution in [0, 0.1) is 10.4 Å². The third-order valence-electron chi connectivity index (χ3n) is 2.30. The average molecular weight is 233 g/mol. The van der Waals surface area contributed by atoms with Crippen molar-refractivity contribution in [2.24, 2.45) is 0 Å². The highest BCUT2D eigenvalue weighted by Crippen LogP contribution is 2.12. The molecular formula is C12H15N3O2. The second-order valence-electron chi connectivity index (χ2n) is 5.00. The van der Waals surface area contributed by atoms with Crippen LogP contribution in [0.5, 0.6) is 0 Å². The van der Waals surface area contributed by atoms with Gasteiger partial charge in [0, 0.05) is 6.07 Å². The van der Waals surface area contributed by atoms with Crippen LogP contribution in [0.1, 0.15) is 20.8 Å². The maximum Gasteiger partial charge on any atom is 0.345 e. The molecule has 0 aliphatic heterocycles. The number of anilines is 1. The van der Waals surface area contributed by atoms with Gasteiger partial charge < -0.3 is 10.4 Å². The van der Waals surface area contributed by atoms with Gasteiger partial charge in [-0.2, -0.15) is 4.73 Å². The van der Waals surface area contributed by atoms with E-state index in [4.69, 9.17) is 0 Å². The highest BCUT2D eigenvalue weighted by molar-refractivity contribution is 5.67. The van der Waals surface area contributed by atoms with Crippen LogP contribution in [0.15, 0.2) is 30.5 Å². The van der Waals surface area contributed by atoms with Gasteiger partial charge in [-0.1, -0.05) is 12.1 Å². The number of para-hydroxylation sites is 2. The number of rotatable bonds is 1. The number of nitrogens with zero attached hydrogens (tertiary/aromatic N) is 2. The molecule has 0 atom stereocenters. The Kier molecular flexibility index (Phi) is 2.53. The smallest absolute Gasteiger partial charge is 0.345 e. The van der Waals surface area contributed by atoms with E-state index in [1.165, 1.54) is 6.20 Å². The normalized spacial score (nSPS) is 11.7. The Morgan fingerprint density at radius 3 is 2.24 bits per heavy atom. The largest absolute Gasteiger partial charge is 0.710 e. The van der Waals surface area contributed by atoms with Crippen LogP contribution >= 0.6 is 0 Å². The third-order valence-corrected chi connectivity index (χ3v) is 2.30. The van der Waals surface area contributed by atoms with Crippen LogP contribution in [0.4, 0.5) is 5.82 Å². The molecule has 17 heavy (non-hydrogen) atoms. The van der Waals surface area contributed by atoms with Crippen LogP contribution in [0.25, 0.3) is 11.0 Å². The van der Waals surface area contributed by atoms with Gasteiger partial charge in [-0.3, -0.25) is 5.32 Å². The Balaban J connectivity index is 2.63. The van der Waals surface area contributed by atoms with Crippen molar-refractivity contribution in [2.75, 3.05) is 5.32 Å². The Morgan fingerprint density at radius 1 is 1.06 bits per heavy atom. The highest BCUT2D eigenvalue weighted by atomic mass is 16.5. The van der Waals surface area contributed by atoms with Gasteiger partial charge in [-0.05, 0) is 26.8 Å². The summed E-state index contributed by atoms with van der Waals surface area (Å²) < 4.78 is 1.45. The molecule has 0 saturated heterocycles. The molecule has 2 rings (SSSR count). The number of hydrogen-bond acceptors (Lipinski definition) is 3. The molecule has 0 fully saturated rings. The minimum absolute atomic E-state index is 0.256. The summed E-state index contributed by atoms with van der Waals surface area (Å²) in [4.78, 5) is 0. The van der Waals surface area contributed by atoms with E-state index < -0.39 is 0 Å². The summed E-state index contributed by atoms with van der Waals surface area (Å²) in [5, 5.41) is 26.8. The lowest BCUT2D eigenvalue weighted by atomic mass is 10.1. The molecule has 90 valence electrons. The van der Waals surface area contributed by atoms with E-state index in [1.54, 1.807) is 24.3 Å². The molecule has 5 nitrogen and oxygen atoms in total. The van der Waals surface area contributed by atoms with E-state index >= 15 is 0 Å². The highest BCUT2D eigenvalue weighted by Gasteiger charge is 2.22. The molecular weight excluding hydrogens is 218 g/mol. The minimum Gasteiger partial charge on any atom is -0.710 e. The van der Waals surface area contributed by atoms with Crippen LogP contribution in [-0.4, -0.2) is 5.54 Å². The van der Waals surface area contributed by atoms with E-state index in [1.807, 2.05) is 20.8 Å². The van der Waals surface area contributed by atoms with Gasteiger partial charge in [-0.25, -0.2) is 4.73 Å². The molecule has 5 heteroatoms. The lowest BCUT2D eigenvalue weighted by Crippen LogP contribution is -2.43.